The van der Waals surface area contributed by atoms with Gasteiger partial charge in [0.1, 0.15) is 11.6 Å². The van der Waals surface area contributed by atoms with Crippen LogP contribution in [-0.4, -0.2) is 37.8 Å². The van der Waals surface area contributed by atoms with Gasteiger partial charge in [-0.15, -0.1) is 0 Å². The summed E-state index contributed by atoms with van der Waals surface area (Å²) in [6, 6.07) is 6.52. The normalized spacial score (nSPS) is 14.7. The van der Waals surface area contributed by atoms with Crippen molar-refractivity contribution in [2.45, 2.75) is 32.2 Å². The Morgan fingerprint density at radius 2 is 2.06 bits per heavy atom. The molecule has 1 aliphatic rings. The standard InChI is InChI=1S/C23H26N8/c1-2-15-3-6-26-12-19(15)21-9-16-10-22(27-13-20(16)23(24)30-21)29-17-11-28-31(14-17)18-4-7-25-8-5-18/h3,6,9-14,18,25H,2,4-5,7-8H2,1H3,(H2,24,30)(H,27,29). The quantitative estimate of drug-likeness (QED) is 0.457. The number of anilines is 3. The van der Waals surface area contributed by atoms with Crippen molar-refractivity contribution in [3.8, 4) is 11.3 Å². The second-order valence-electron chi connectivity index (χ2n) is 7.88. The van der Waals surface area contributed by atoms with E-state index in [0.717, 1.165) is 65.9 Å². The Labute approximate surface area is 180 Å². The largest absolute Gasteiger partial charge is 0.383 e. The SMILES string of the molecule is CCc1ccncc1-c1cc2cc(Nc3cnn(C4CCNCC4)c3)ncc2c(N)n1. The minimum atomic E-state index is 0.446. The zero-order chi connectivity index (χ0) is 21.2. The Bertz CT molecular complexity index is 1210. The summed E-state index contributed by atoms with van der Waals surface area (Å²) in [6.45, 7) is 4.20. The fourth-order valence-corrected chi connectivity index (χ4v) is 4.16. The Balaban J connectivity index is 1.45. The molecule has 158 valence electrons. The first-order chi connectivity index (χ1) is 15.2. The first-order valence-corrected chi connectivity index (χ1v) is 10.7. The van der Waals surface area contributed by atoms with Gasteiger partial charge in [0.15, 0.2) is 0 Å². The number of nitrogens with one attached hydrogen (secondary N) is 2. The lowest BCUT2D eigenvalue weighted by Crippen LogP contribution is -2.29. The Morgan fingerprint density at radius 3 is 2.90 bits per heavy atom. The van der Waals surface area contributed by atoms with Crippen molar-refractivity contribution in [3.05, 3.63) is 54.7 Å². The van der Waals surface area contributed by atoms with E-state index in [1.807, 2.05) is 36.8 Å². The van der Waals surface area contributed by atoms with Gasteiger partial charge >= 0.3 is 0 Å². The number of piperidine rings is 1. The molecule has 0 unspecified atom stereocenters. The molecular weight excluding hydrogens is 388 g/mol. The number of fused-ring (bicyclic) bond motifs is 1. The number of hydrogen-bond donors (Lipinski definition) is 3. The Morgan fingerprint density at radius 1 is 1.19 bits per heavy atom. The van der Waals surface area contributed by atoms with Crippen molar-refractivity contribution < 1.29 is 0 Å². The molecule has 4 aromatic heterocycles. The van der Waals surface area contributed by atoms with Crippen molar-refractivity contribution in [3.63, 3.8) is 0 Å². The van der Waals surface area contributed by atoms with E-state index >= 15 is 0 Å². The molecule has 31 heavy (non-hydrogen) atoms. The molecule has 8 heteroatoms. The first-order valence-electron chi connectivity index (χ1n) is 10.7. The second kappa shape index (κ2) is 8.31. The van der Waals surface area contributed by atoms with Crippen LogP contribution < -0.4 is 16.4 Å². The molecule has 5 heterocycles. The average molecular weight is 415 g/mol. The summed E-state index contributed by atoms with van der Waals surface area (Å²) < 4.78 is 2.05. The summed E-state index contributed by atoms with van der Waals surface area (Å²) in [5.74, 6) is 1.21. The van der Waals surface area contributed by atoms with Crippen LogP contribution in [-0.2, 0) is 6.42 Å². The van der Waals surface area contributed by atoms with Crippen molar-refractivity contribution in [2.24, 2.45) is 0 Å². The van der Waals surface area contributed by atoms with Gasteiger partial charge in [0.2, 0.25) is 0 Å². The van der Waals surface area contributed by atoms with Crippen LogP contribution in [0.4, 0.5) is 17.3 Å². The van der Waals surface area contributed by atoms with E-state index in [-0.39, 0.29) is 0 Å². The van der Waals surface area contributed by atoms with Gasteiger partial charge in [-0.2, -0.15) is 5.10 Å². The topological polar surface area (TPSA) is 107 Å². The molecule has 0 bridgehead atoms. The molecule has 4 N–H and O–H groups in total. The molecular formula is C23H26N8. The molecule has 1 fully saturated rings. The van der Waals surface area contributed by atoms with Crippen LogP contribution in [0.2, 0.25) is 0 Å². The molecule has 5 rings (SSSR count). The number of pyridine rings is 3. The van der Waals surface area contributed by atoms with Gasteiger partial charge in [-0.3, -0.25) is 9.67 Å². The molecule has 4 aromatic rings. The summed E-state index contributed by atoms with van der Waals surface area (Å²) in [7, 11) is 0. The molecule has 0 spiro atoms. The monoisotopic (exact) mass is 414 g/mol. The summed E-state index contributed by atoms with van der Waals surface area (Å²) in [5.41, 5.74) is 10.2. The lowest BCUT2D eigenvalue weighted by Gasteiger charge is -2.22. The second-order valence-corrected chi connectivity index (χ2v) is 7.88. The highest BCUT2D eigenvalue weighted by Crippen LogP contribution is 2.30. The number of hydrogen-bond acceptors (Lipinski definition) is 7. The van der Waals surface area contributed by atoms with Gasteiger partial charge in [0.05, 0.1) is 23.6 Å². The highest BCUT2D eigenvalue weighted by Gasteiger charge is 2.16. The highest BCUT2D eigenvalue weighted by atomic mass is 15.3. The third-order valence-electron chi connectivity index (χ3n) is 5.87. The molecule has 0 aliphatic carbocycles. The Kier molecular flexibility index (Phi) is 5.21. The fraction of sp³-hybridized carbons (Fsp3) is 0.304. The van der Waals surface area contributed by atoms with E-state index in [1.54, 1.807) is 6.20 Å². The van der Waals surface area contributed by atoms with Crippen LogP contribution in [0.15, 0.2) is 49.2 Å². The maximum Gasteiger partial charge on any atom is 0.133 e. The van der Waals surface area contributed by atoms with Crippen molar-refractivity contribution in [1.29, 1.82) is 0 Å². The van der Waals surface area contributed by atoms with Crippen molar-refractivity contribution in [2.75, 3.05) is 24.1 Å². The van der Waals surface area contributed by atoms with Gasteiger partial charge in [-0.1, -0.05) is 6.92 Å². The van der Waals surface area contributed by atoms with Gasteiger partial charge < -0.3 is 16.4 Å². The number of nitrogens with two attached hydrogens (primary N) is 1. The van der Waals surface area contributed by atoms with Crippen molar-refractivity contribution in [1.82, 2.24) is 30.0 Å². The maximum atomic E-state index is 6.26. The van der Waals surface area contributed by atoms with Crippen LogP contribution in [0.5, 0.6) is 0 Å². The number of aromatic nitrogens is 5. The molecule has 8 nitrogen and oxygen atoms in total. The maximum absolute atomic E-state index is 6.26. The molecule has 0 aromatic carbocycles. The molecule has 0 radical (unpaired) electrons. The fourth-order valence-electron chi connectivity index (χ4n) is 4.16. The van der Waals surface area contributed by atoms with Crippen LogP contribution in [0.3, 0.4) is 0 Å². The van der Waals surface area contributed by atoms with Crippen LogP contribution in [0.1, 0.15) is 31.4 Å². The third kappa shape index (κ3) is 3.94. The van der Waals surface area contributed by atoms with E-state index in [2.05, 4.69) is 48.5 Å². The summed E-state index contributed by atoms with van der Waals surface area (Å²) >= 11 is 0. The van der Waals surface area contributed by atoms with Gasteiger partial charge in [0.25, 0.3) is 0 Å². The third-order valence-corrected chi connectivity index (χ3v) is 5.87. The van der Waals surface area contributed by atoms with E-state index in [9.17, 15) is 0 Å². The number of aryl methyl sites for hydroxylation is 1. The average Bonchev–Trinajstić information content (AvgIpc) is 3.28. The number of nitrogen functional groups attached to an aromatic ring is 1. The minimum Gasteiger partial charge on any atom is -0.383 e. The van der Waals surface area contributed by atoms with Crippen LogP contribution >= 0.6 is 0 Å². The minimum absolute atomic E-state index is 0.446. The smallest absolute Gasteiger partial charge is 0.133 e. The number of rotatable bonds is 5. The molecule has 1 aliphatic heterocycles. The van der Waals surface area contributed by atoms with E-state index < -0.39 is 0 Å². The molecule has 0 atom stereocenters. The molecule has 0 saturated carbocycles. The lowest BCUT2D eigenvalue weighted by molar-refractivity contribution is 0.343. The number of nitrogens with zero attached hydrogens (tertiary/aromatic N) is 5. The summed E-state index contributed by atoms with van der Waals surface area (Å²) in [5, 5.41) is 13.1. The van der Waals surface area contributed by atoms with E-state index in [0.29, 0.717) is 11.9 Å². The van der Waals surface area contributed by atoms with Gasteiger partial charge in [0, 0.05) is 35.7 Å². The zero-order valence-corrected chi connectivity index (χ0v) is 17.5. The highest BCUT2D eigenvalue weighted by molar-refractivity contribution is 5.94. The first kappa shape index (κ1) is 19.4. The molecule has 1 saturated heterocycles. The Hall–Kier alpha value is -3.52. The van der Waals surface area contributed by atoms with E-state index in [4.69, 9.17) is 5.73 Å². The predicted molar refractivity (Wildman–Crippen MR) is 123 cm³/mol. The van der Waals surface area contributed by atoms with Crippen LogP contribution in [0, 0.1) is 0 Å². The van der Waals surface area contributed by atoms with Gasteiger partial charge in [-0.05, 0) is 61.5 Å². The molecule has 0 amide bonds. The van der Waals surface area contributed by atoms with E-state index in [1.165, 1.54) is 5.56 Å². The summed E-state index contributed by atoms with van der Waals surface area (Å²) in [4.78, 5) is 13.4. The van der Waals surface area contributed by atoms with Crippen molar-refractivity contribution >= 4 is 28.1 Å². The lowest BCUT2D eigenvalue weighted by atomic mass is 10.0. The predicted octanol–water partition coefficient (Wildman–Crippen LogP) is 3.70. The van der Waals surface area contributed by atoms with Gasteiger partial charge in [-0.25, -0.2) is 9.97 Å². The van der Waals surface area contributed by atoms with Crippen LogP contribution in [0.25, 0.3) is 22.0 Å². The summed E-state index contributed by atoms with van der Waals surface area (Å²) in [6.07, 6.45) is 12.4. The zero-order valence-electron chi connectivity index (χ0n) is 17.5.